The fourth-order valence-corrected chi connectivity index (χ4v) is 3.02. The minimum Gasteiger partial charge on any atom is -0.482 e. The highest BCUT2D eigenvalue weighted by Crippen LogP contribution is 2.37. The summed E-state index contributed by atoms with van der Waals surface area (Å²) in [6.07, 6.45) is -4.84. The van der Waals surface area contributed by atoms with Gasteiger partial charge in [-0.15, -0.1) is 0 Å². The summed E-state index contributed by atoms with van der Waals surface area (Å²) in [5.74, 6) is -0.461. The monoisotopic (exact) mass is 412 g/mol. The number of nitrogens with one attached hydrogen (secondary N) is 1. The molecule has 2 aromatic carbocycles. The minimum atomic E-state index is -4.66. The number of carbonyl (C=O) groups is 2. The number of amides is 2. The van der Waals surface area contributed by atoms with E-state index in [-0.39, 0.29) is 36.2 Å². The highest BCUT2D eigenvalue weighted by Gasteiger charge is 2.34. The summed E-state index contributed by atoms with van der Waals surface area (Å²) in [6, 6.07) is 8.43. The number of hydrogen-bond acceptors (Lipinski definition) is 3. The summed E-state index contributed by atoms with van der Waals surface area (Å²) < 4.78 is 44.8. The highest BCUT2D eigenvalue weighted by atomic mass is 35.5. The van der Waals surface area contributed by atoms with Crippen LogP contribution in [0.15, 0.2) is 36.4 Å². The summed E-state index contributed by atoms with van der Waals surface area (Å²) in [6.45, 7) is 1.70. The average molecular weight is 413 g/mol. The first-order valence-electron chi connectivity index (χ1n) is 8.35. The van der Waals surface area contributed by atoms with Crippen molar-refractivity contribution in [1.29, 1.82) is 0 Å². The minimum absolute atomic E-state index is 0.0133. The molecule has 0 fully saturated rings. The first-order valence-corrected chi connectivity index (χ1v) is 8.73. The van der Waals surface area contributed by atoms with Gasteiger partial charge >= 0.3 is 6.18 Å². The van der Waals surface area contributed by atoms with Crippen LogP contribution in [0.1, 0.15) is 17.5 Å². The number of halogens is 4. The number of hydrogen-bond donors (Lipinski definition) is 1. The lowest BCUT2D eigenvalue weighted by Crippen LogP contribution is -2.40. The average Bonchev–Trinajstić information content (AvgIpc) is 2.61. The molecule has 2 aromatic rings. The number of anilines is 2. The Morgan fingerprint density at radius 1 is 1.25 bits per heavy atom. The summed E-state index contributed by atoms with van der Waals surface area (Å²) in [5.41, 5.74) is 0.0252. The molecular formula is C19H16ClF3N2O3. The Kier molecular flexibility index (Phi) is 5.51. The number of ether oxygens (including phenoxy) is 1. The Morgan fingerprint density at radius 3 is 2.71 bits per heavy atom. The maximum Gasteiger partial charge on any atom is 0.418 e. The van der Waals surface area contributed by atoms with Crippen LogP contribution in [-0.4, -0.2) is 25.0 Å². The third-order valence-corrected chi connectivity index (χ3v) is 4.42. The van der Waals surface area contributed by atoms with Crippen molar-refractivity contribution in [2.45, 2.75) is 19.5 Å². The van der Waals surface area contributed by atoms with Gasteiger partial charge in [-0.2, -0.15) is 13.2 Å². The van der Waals surface area contributed by atoms with Crippen LogP contribution in [0.25, 0.3) is 0 Å². The fraction of sp³-hybridized carbons (Fsp3) is 0.263. The van der Waals surface area contributed by atoms with Gasteiger partial charge in [0.15, 0.2) is 6.61 Å². The molecule has 0 atom stereocenters. The van der Waals surface area contributed by atoms with Gasteiger partial charge in [0.2, 0.25) is 5.91 Å². The highest BCUT2D eigenvalue weighted by molar-refractivity contribution is 6.30. The summed E-state index contributed by atoms with van der Waals surface area (Å²) >= 11 is 5.63. The standard InChI is InChI=1S/C19H16ClF3N2O3/c1-11-2-5-16-15(8-11)25(18(27)10-28-16)7-6-17(26)24-14-4-3-12(20)9-13(14)19(21,22)23/h2-5,8-9H,6-7,10H2,1H3,(H,24,26). The van der Waals surface area contributed by atoms with E-state index >= 15 is 0 Å². The maximum atomic E-state index is 13.1. The molecule has 0 bridgehead atoms. The van der Waals surface area contributed by atoms with Crippen molar-refractivity contribution in [3.05, 3.63) is 52.5 Å². The molecule has 9 heteroatoms. The molecule has 0 saturated heterocycles. The van der Waals surface area contributed by atoms with E-state index in [1.807, 2.05) is 13.0 Å². The summed E-state index contributed by atoms with van der Waals surface area (Å²) in [5, 5.41) is 2.16. The van der Waals surface area contributed by atoms with Gasteiger partial charge in [-0.1, -0.05) is 17.7 Å². The van der Waals surface area contributed by atoms with E-state index in [0.29, 0.717) is 11.4 Å². The third-order valence-electron chi connectivity index (χ3n) is 4.18. The second kappa shape index (κ2) is 7.71. The van der Waals surface area contributed by atoms with Gasteiger partial charge in [0.05, 0.1) is 16.9 Å². The van der Waals surface area contributed by atoms with Crippen molar-refractivity contribution in [3.8, 4) is 5.75 Å². The van der Waals surface area contributed by atoms with Crippen LogP contribution in [0.4, 0.5) is 24.5 Å². The van der Waals surface area contributed by atoms with Crippen LogP contribution in [0.2, 0.25) is 5.02 Å². The van der Waals surface area contributed by atoms with E-state index in [4.69, 9.17) is 16.3 Å². The SMILES string of the molecule is Cc1ccc2c(c1)N(CCC(=O)Nc1ccc(Cl)cc1C(F)(F)F)C(=O)CO2. The first-order chi connectivity index (χ1) is 13.1. The van der Waals surface area contributed by atoms with Crippen LogP contribution in [-0.2, 0) is 15.8 Å². The van der Waals surface area contributed by atoms with Crippen molar-refractivity contribution >= 4 is 34.8 Å². The van der Waals surface area contributed by atoms with Crippen molar-refractivity contribution in [2.24, 2.45) is 0 Å². The van der Waals surface area contributed by atoms with E-state index in [9.17, 15) is 22.8 Å². The molecule has 1 aliphatic rings. The Morgan fingerprint density at radius 2 is 2.00 bits per heavy atom. The van der Waals surface area contributed by atoms with Crippen LogP contribution in [0, 0.1) is 6.92 Å². The maximum absolute atomic E-state index is 13.1. The molecule has 0 aromatic heterocycles. The number of alkyl halides is 3. The van der Waals surface area contributed by atoms with Crippen molar-refractivity contribution in [3.63, 3.8) is 0 Å². The van der Waals surface area contributed by atoms with Crippen LogP contribution < -0.4 is 15.0 Å². The molecule has 0 spiro atoms. The summed E-state index contributed by atoms with van der Waals surface area (Å²) in [4.78, 5) is 25.8. The molecule has 1 N–H and O–H groups in total. The van der Waals surface area contributed by atoms with Crippen molar-refractivity contribution in [1.82, 2.24) is 0 Å². The predicted octanol–water partition coefficient (Wildman–Crippen LogP) is 4.42. The van der Waals surface area contributed by atoms with E-state index in [1.54, 1.807) is 12.1 Å². The number of fused-ring (bicyclic) bond motifs is 1. The van der Waals surface area contributed by atoms with E-state index < -0.39 is 17.6 Å². The smallest absolute Gasteiger partial charge is 0.418 e. The molecule has 3 rings (SSSR count). The predicted molar refractivity (Wildman–Crippen MR) is 98.7 cm³/mol. The van der Waals surface area contributed by atoms with Gasteiger partial charge in [-0.05, 0) is 42.8 Å². The van der Waals surface area contributed by atoms with E-state index in [1.165, 1.54) is 11.0 Å². The molecule has 2 amide bonds. The van der Waals surface area contributed by atoms with E-state index in [2.05, 4.69) is 5.32 Å². The van der Waals surface area contributed by atoms with E-state index in [0.717, 1.165) is 17.7 Å². The molecule has 0 unspecified atom stereocenters. The van der Waals surface area contributed by atoms with Crippen molar-refractivity contribution < 1.29 is 27.5 Å². The Labute approximate surface area is 164 Å². The van der Waals surface area contributed by atoms with Gasteiger partial charge < -0.3 is 15.0 Å². The fourth-order valence-electron chi connectivity index (χ4n) is 2.84. The number of aryl methyl sites for hydroxylation is 1. The second-order valence-corrected chi connectivity index (χ2v) is 6.73. The third kappa shape index (κ3) is 4.39. The molecule has 0 radical (unpaired) electrons. The lowest BCUT2D eigenvalue weighted by Gasteiger charge is -2.29. The van der Waals surface area contributed by atoms with Gasteiger partial charge in [-0.25, -0.2) is 0 Å². The zero-order valence-corrected chi connectivity index (χ0v) is 15.5. The largest absolute Gasteiger partial charge is 0.482 e. The molecule has 1 heterocycles. The number of nitrogens with zero attached hydrogens (tertiary/aromatic N) is 1. The van der Waals surface area contributed by atoms with Crippen molar-refractivity contribution in [2.75, 3.05) is 23.4 Å². The summed E-state index contributed by atoms with van der Waals surface area (Å²) in [7, 11) is 0. The number of rotatable bonds is 4. The van der Waals surface area contributed by atoms with Gasteiger partial charge in [0.1, 0.15) is 5.75 Å². The molecule has 1 aliphatic heterocycles. The zero-order chi connectivity index (χ0) is 20.5. The Balaban J connectivity index is 1.72. The van der Waals surface area contributed by atoms with Gasteiger partial charge in [0.25, 0.3) is 5.91 Å². The van der Waals surface area contributed by atoms with Crippen LogP contribution >= 0.6 is 11.6 Å². The molecule has 0 saturated carbocycles. The Bertz CT molecular complexity index is 931. The van der Waals surface area contributed by atoms with Crippen LogP contribution in [0.3, 0.4) is 0 Å². The molecule has 5 nitrogen and oxygen atoms in total. The lowest BCUT2D eigenvalue weighted by molar-refractivity contribution is -0.137. The second-order valence-electron chi connectivity index (χ2n) is 6.29. The number of carbonyl (C=O) groups excluding carboxylic acids is 2. The number of benzene rings is 2. The lowest BCUT2D eigenvalue weighted by atomic mass is 10.1. The molecule has 28 heavy (non-hydrogen) atoms. The van der Waals surface area contributed by atoms with Crippen LogP contribution in [0.5, 0.6) is 5.75 Å². The molecule has 148 valence electrons. The zero-order valence-electron chi connectivity index (χ0n) is 14.8. The van der Waals surface area contributed by atoms with Gasteiger partial charge in [-0.3, -0.25) is 9.59 Å². The quantitative estimate of drug-likeness (QED) is 0.808. The first kappa shape index (κ1) is 20.0. The normalized spacial score (nSPS) is 13.8. The molecule has 0 aliphatic carbocycles. The van der Waals surface area contributed by atoms with Gasteiger partial charge in [0, 0.05) is 18.0 Å². The Hall–Kier alpha value is -2.74. The molecular weight excluding hydrogens is 397 g/mol. The topological polar surface area (TPSA) is 58.6 Å².